The largest absolute Gasteiger partial charge is 0.505 e. The highest BCUT2D eigenvalue weighted by Crippen LogP contribution is 2.33. The monoisotopic (exact) mass is 2000 g/mol. The van der Waals surface area contributed by atoms with Gasteiger partial charge in [-0.05, 0) is 80.8 Å². The Morgan fingerprint density at radius 1 is 0.331 bits per heavy atom. The van der Waals surface area contributed by atoms with E-state index in [4.69, 9.17) is 4.74 Å². The van der Waals surface area contributed by atoms with Crippen LogP contribution in [0, 0.1) is 105 Å². The van der Waals surface area contributed by atoms with Gasteiger partial charge in [0.05, 0.1) is 72.3 Å². The van der Waals surface area contributed by atoms with Crippen molar-refractivity contribution in [2.45, 2.75) is 171 Å². The van der Waals surface area contributed by atoms with Crippen molar-refractivity contribution in [2.24, 2.45) is 17.8 Å². The summed E-state index contributed by atoms with van der Waals surface area (Å²) in [6.45, 7) is 7.33. The van der Waals surface area contributed by atoms with Crippen molar-refractivity contribution >= 4 is 70.9 Å². The lowest BCUT2D eigenvalue weighted by molar-refractivity contribution is -0.164. The number of cyclic esters (lactones) is 1. The van der Waals surface area contributed by atoms with Crippen molar-refractivity contribution in [2.75, 3.05) is 7.05 Å². The summed E-state index contributed by atoms with van der Waals surface area (Å²) in [4.78, 5) is 173. The van der Waals surface area contributed by atoms with E-state index in [0.29, 0.717) is 16.7 Å². The van der Waals surface area contributed by atoms with Gasteiger partial charge in [0.2, 0.25) is 58.8 Å². The van der Waals surface area contributed by atoms with Gasteiger partial charge >= 0.3 is 5.97 Å². The predicted molar refractivity (Wildman–Crippen MR) is 464 cm³/mol. The smallest absolute Gasteiger partial charge is 0.312 e. The minimum atomic E-state index is -2.43. The third-order valence-corrected chi connectivity index (χ3v) is 23.5. The second-order valence-corrected chi connectivity index (χ2v) is 33.3. The van der Waals surface area contributed by atoms with Gasteiger partial charge in [0.1, 0.15) is 47.5 Å². The number of aromatic nitrogens is 3. The number of amides is 11. The lowest BCUT2D eigenvalue weighted by Gasteiger charge is -2.37. The van der Waals surface area contributed by atoms with Crippen LogP contribution < -0.4 is 53.2 Å². The zero-order valence-corrected chi connectivity index (χ0v) is 75.4. The standard InChI is InChI=1S/C32H32F5N5O6.C31H30F5N5O6.C31H29F5N4O7/c1-14-28(44)18(13-17-21(33)23(35)25(37)24(36)22(17)34)40-30(46)26(41-31(47)27-20(43)10-7-11-38-27)15(2)39-29(45)19(42(3)32(14)48)12-16-8-5-4-6-9-16;1-13-27(43)17(12-16-20(32)22(34)24(36)23(35)21(16)33)39-30(46)25(41-31(47)26-19(42)9-6-10-37-26)14(2)38-29(45)18(40-28(13)44)11-15-7-4-3-5-8-15;1-13-27(42)17(12-16-20(32)22(34)24(36)23(35)21(16)33)39-29(44)25(40-30(45)26-18(41)9-6-10-37-26)14(2)38-28(43)19(47-31(13)46)11-15-7-4-3-5-8-15/h4-11,14-15,18-19,26,28,43-44H,12-13H2,1-3H3,(H,39,45)(H,40,46)(H,41,47);3-10,13-14,17-18,25,27,42-43H,11-12H2,1-2H3,(H,38,45)(H,39,46)(H,40,44)(H,41,47);3-10,13-14,17,19,25,27,41-42H,11-12H2,1-2H3,(H,38,43)(H,39,44)(H,40,45)/t14-,15-,18+,19?,26+,28+;13-,14-,17+,18?,25+,27+;13-,14-,17+,19?,25+,27+/m111/s1. The number of nitrogens with one attached hydrogen (secondary N) is 10. The first-order valence-corrected chi connectivity index (χ1v) is 43.2. The number of carbonyl (C=O) groups is 12. The summed E-state index contributed by atoms with van der Waals surface area (Å²) < 4.78 is 219. The maximum atomic E-state index is 14.8. The molecule has 0 radical (unpaired) electrons. The van der Waals surface area contributed by atoms with Crippen molar-refractivity contribution in [3.8, 4) is 17.2 Å². The van der Waals surface area contributed by atoms with Gasteiger partial charge in [0, 0.05) is 80.9 Å². The number of likely N-dealkylation sites (N-methyl/N-ethyl adjacent to an activating group) is 1. The number of pyridine rings is 3. The summed E-state index contributed by atoms with van der Waals surface area (Å²) in [6.07, 6.45) is -8.03. The molecule has 3 aliphatic rings. The summed E-state index contributed by atoms with van der Waals surface area (Å²) in [5.74, 6) is -52.9. The lowest BCUT2D eigenvalue weighted by atomic mass is 9.90. The van der Waals surface area contributed by atoms with Crippen LogP contribution in [0.3, 0.4) is 0 Å². The molecule has 756 valence electrons. The van der Waals surface area contributed by atoms with Crippen molar-refractivity contribution in [1.82, 2.24) is 73.0 Å². The number of benzene rings is 6. The zero-order valence-electron chi connectivity index (χ0n) is 75.4. The second kappa shape index (κ2) is 47.5. The number of hydrogen-bond acceptors (Lipinski definition) is 22. The third-order valence-electron chi connectivity index (χ3n) is 23.5. The van der Waals surface area contributed by atoms with E-state index in [1.807, 2.05) is 0 Å². The molecule has 3 fully saturated rings. The fourth-order valence-electron chi connectivity index (χ4n) is 15.4. The minimum absolute atomic E-state index is 0.0382. The molecule has 142 heavy (non-hydrogen) atoms. The van der Waals surface area contributed by atoms with Crippen LogP contribution in [0.2, 0.25) is 0 Å². The number of rotatable bonds is 18. The molecule has 6 aromatic carbocycles. The third kappa shape index (κ3) is 25.4. The fraction of sp³-hybridized carbons (Fsp3) is 0.330. The Hall–Kier alpha value is -15.4. The highest BCUT2D eigenvalue weighted by Gasteiger charge is 2.47. The molecule has 0 bridgehead atoms. The van der Waals surface area contributed by atoms with Gasteiger partial charge in [0.25, 0.3) is 23.6 Å². The Balaban J connectivity index is 0.000000219. The molecule has 33 nitrogen and oxygen atoms in total. The number of aromatic hydroxyl groups is 3. The van der Waals surface area contributed by atoms with E-state index in [9.17, 15) is 154 Å². The van der Waals surface area contributed by atoms with E-state index in [1.165, 1.54) is 71.5 Å². The van der Waals surface area contributed by atoms with Crippen LogP contribution in [-0.4, -0.2) is 219 Å². The van der Waals surface area contributed by atoms with E-state index in [-0.39, 0.29) is 19.3 Å². The second-order valence-electron chi connectivity index (χ2n) is 33.3. The Morgan fingerprint density at radius 3 is 0.951 bits per heavy atom. The van der Waals surface area contributed by atoms with E-state index < -0.39 is 337 Å². The molecule has 11 amide bonds. The van der Waals surface area contributed by atoms with Gasteiger partial charge < -0.3 is 93.4 Å². The van der Waals surface area contributed by atoms with Crippen LogP contribution in [0.15, 0.2) is 146 Å². The Labute approximate surface area is 796 Å². The molecule has 9 aromatic rings. The molecular formula is C94H91F15N14O19. The molecule has 0 aliphatic carbocycles. The molecule has 3 aliphatic heterocycles. The van der Waals surface area contributed by atoms with Crippen LogP contribution in [-0.2, 0) is 86.4 Å². The van der Waals surface area contributed by atoms with E-state index in [0.717, 1.165) is 36.9 Å². The molecule has 3 saturated heterocycles. The number of aliphatic hydroxyl groups is 3. The highest BCUT2D eigenvalue weighted by atomic mass is 19.2. The zero-order chi connectivity index (χ0) is 105. The molecule has 0 saturated carbocycles. The number of ether oxygens (including phenoxy) is 1. The van der Waals surface area contributed by atoms with Crippen molar-refractivity contribution in [3.05, 3.63) is 284 Å². The molecular weight excluding hydrogens is 1910 g/mol. The number of nitrogens with zero attached hydrogens (tertiary/aromatic N) is 4. The van der Waals surface area contributed by atoms with Gasteiger partial charge in [-0.2, -0.15) is 0 Å². The summed E-state index contributed by atoms with van der Waals surface area (Å²) in [5, 5.41) is 87.7. The summed E-state index contributed by atoms with van der Waals surface area (Å²) in [5.41, 5.74) is -3.91. The van der Waals surface area contributed by atoms with E-state index in [1.54, 1.807) is 91.0 Å². The average molecular weight is 2010 g/mol. The van der Waals surface area contributed by atoms with Crippen LogP contribution >= 0.6 is 0 Å². The molecule has 3 unspecified atom stereocenters. The van der Waals surface area contributed by atoms with Crippen LogP contribution in [0.5, 0.6) is 17.2 Å². The molecule has 12 rings (SSSR count). The van der Waals surface area contributed by atoms with Crippen molar-refractivity contribution < 1.29 is 159 Å². The number of halogens is 15. The first kappa shape index (κ1) is 109. The Kier molecular flexibility index (Phi) is 36.4. The number of carbonyl (C=O) groups excluding carboxylic acids is 12. The highest BCUT2D eigenvalue weighted by molar-refractivity contribution is 6.01. The molecule has 18 atom stereocenters. The predicted octanol–water partition coefficient (Wildman–Crippen LogP) is 5.42. The Bertz CT molecular complexity index is 5910. The molecule has 0 spiro atoms. The summed E-state index contributed by atoms with van der Waals surface area (Å²) in [6, 6.07) is 15.3. The summed E-state index contributed by atoms with van der Waals surface area (Å²) >= 11 is 0. The minimum Gasteiger partial charge on any atom is -0.505 e. The normalized spacial score (nSPS) is 23.9. The van der Waals surface area contributed by atoms with Crippen molar-refractivity contribution in [3.63, 3.8) is 0 Å². The van der Waals surface area contributed by atoms with Crippen LogP contribution in [0.25, 0.3) is 0 Å². The van der Waals surface area contributed by atoms with Gasteiger partial charge in [-0.3, -0.25) is 57.5 Å². The molecule has 6 heterocycles. The number of esters is 1. The quantitative estimate of drug-likeness (QED) is 0.0220. The Morgan fingerprint density at radius 2 is 0.620 bits per heavy atom. The topological polar surface area (TPSA) is 498 Å². The molecule has 3 aromatic heterocycles. The van der Waals surface area contributed by atoms with Gasteiger partial charge in [0.15, 0.2) is 93.0 Å². The average Bonchev–Trinajstić information content (AvgIpc) is 0.790. The number of aliphatic hydroxyl groups excluding tert-OH is 3. The molecule has 16 N–H and O–H groups in total. The van der Waals surface area contributed by atoms with Gasteiger partial charge in [-0.15, -0.1) is 0 Å². The lowest BCUT2D eigenvalue weighted by Crippen LogP contribution is -2.64. The number of hydrogen-bond donors (Lipinski definition) is 16. The SMILES string of the molecule is C[C@H]1NC(=O)C(Cc2ccccc2)N(C)C(=O)[C@H](C)[C@H](O)[C@H](Cc2c(F)c(F)c(F)c(F)c2F)NC(=O)[C@H]1NC(=O)c1ncccc1O.C[C@H]1NC(=O)C(Cc2ccccc2)NC(=O)[C@H](C)[C@H](O)[C@H](Cc2c(F)c(F)c(F)c(F)c2F)NC(=O)[C@H]1NC(=O)c1ncccc1O.C[C@H]1NC(=O)C(Cc2ccccc2)OC(=O)[C@H](C)[C@H](O)[C@H](Cc2c(F)c(F)c(F)c(F)c2F)NC(=O)[C@H]1NC(=O)c1ncccc1O. The van der Waals surface area contributed by atoms with E-state index >= 15 is 0 Å². The molecule has 48 heteroatoms. The van der Waals surface area contributed by atoms with Gasteiger partial charge in [-0.25, -0.2) is 80.8 Å². The van der Waals surface area contributed by atoms with Gasteiger partial charge in [-0.1, -0.05) is 105 Å². The first-order valence-electron chi connectivity index (χ1n) is 43.2. The van der Waals surface area contributed by atoms with Crippen LogP contribution in [0.4, 0.5) is 65.9 Å². The fourth-order valence-corrected chi connectivity index (χ4v) is 15.4. The van der Waals surface area contributed by atoms with E-state index in [2.05, 4.69) is 68.1 Å². The summed E-state index contributed by atoms with van der Waals surface area (Å²) in [7, 11) is 1.27. The van der Waals surface area contributed by atoms with Crippen LogP contribution in [0.1, 0.15) is 106 Å². The first-order chi connectivity index (χ1) is 67.0. The van der Waals surface area contributed by atoms with Crippen molar-refractivity contribution in [1.29, 1.82) is 0 Å². The maximum Gasteiger partial charge on any atom is 0.312 e. The maximum absolute atomic E-state index is 14.8.